The van der Waals surface area contributed by atoms with Gasteiger partial charge in [0.2, 0.25) is 0 Å². The van der Waals surface area contributed by atoms with Gasteiger partial charge in [-0.1, -0.05) is 11.8 Å². The number of amides is 1. The number of rotatable bonds is 7. The highest BCUT2D eigenvalue weighted by Crippen LogP contribution is 2.32. The monoisotopic (exact) mass is 418 g/mol. The van der Waals surface area contributed by atoms with Gasteiger partial charge in [-0.15, -0.1) is 0 Å². The van der Waals surface area contributed by atoms with Crippen LogP contribution in [-0.4, -0.2) is 53.4 Å². The van der Waals surface area contributed by atoms with Crippen LogP contribution in [0.1, 0.15) is 21.7 Å². The quantitative estimate of drug-likeness (QED) is 0.272. The lowest BCUT2D eigenvalue weighted by molar-refractivity contribution is 0.0961. The molecule has 30 heavy (non-hydrogen) atoms. The number of methoxy groups -OCH3 is 1. The van der Waals surface area contributed by atoms with Gasteiger partial charge in [0.05, 0.1) is 24.7 Å². The number of ether oxygens (including phenoxy) is 1. The molecule has 3 rings (SSSR count). The minimum absolute atomic E-state index is 0.235. The van der Waals surface area contributed by atoms with Crippen molar-refractivity contribution in [1.82, 2.24) is 25.3 Å². The van der Waals surface area contributed by atoms with E-state index in [-0.39, 0.29) is 17.4 Å². The van der Waals surface area contributed by atoms with E-state index < -0.39 is 0 Å². The minimum Gasteiger partial charge on any atom is -0.494 e. The molecule has 0 atom stereocenters. The van der Waals surface area contributed by atoms with Gasteiger partial charge in [0.25, 0.3) is 5.91 Å². The number of nitrogens with one attached hydrogen (secondary N) is 1. The Bertz CT molecular complexity index is 1110. The van der Waals surface area contributed by atoms with E-state index in [9.17, 15) is 4.79 Å². The Morgan fingerprint density at radius 1 is 1.17 bits per heavy atom. The fourth-order valence-electron chi connectivity index (χ4n) is 2.73. The molecule has 0 saturated heterocycles. The minimum atomic E-state index is -0.286. The Hall–Kier alpha value is -3.27. The summed E-state index contributed by atoms with van der Waals surface area (Å²) in [6.45, 7) is 7.21. The Labute approximate surface area is 180 Å². The van der Waals surface area contributed by atoms with Gasteiger partial charge >= 0.3 is 0 Å². The highest BCUT2D eigenvalue weighted by molar-refractivity contribution is 7.99. The van der Waals surface area contributed by atoms with Crippen LogP contribution in [-0.2, 0) is 0 Å². The average molecular weight is 418 g/mol. The van der Waals surface area contributed by atoms with Gasteiger partial charge in [0.1, 0.15) is 18.6 Å². The summed E-state index contributed by atoms with van der Waals surface area (Å²) >= 11 is 1.25. The van der Waals surface area contributed by atoms with Gasteiger partial charge in [-0.2, -0.15) is 0 Å². The molecule has 0 unspecified atom stereocenters. The number of carbonyl (C=O) groups excluding carboxylic acids is 1. The first-order chi connectivity index (χ1) is 14.4. The molecule has 3 aromatic rings. The summed E-state index contributed by atoms with van der Waals surface area (Å²) in [7, 11) is 7.25. The van der Waals surface area contributed by atoms with Gasteiger partial charge in [0, 0.05) is 40.5 Å². The molecule has 0 spiro atoms. The molecule has 8 nitrogen and oxygen atoms in total. The van der Waals surface area contributed by atoms with Crippen LogP contribution in [0.4, 0.5) is 5.82 Å². The smallest absolute Gasteiger partial charge is 0.254 e. The van der Waals surface area contributed by atoms with Crippen LogP contribution < -0.4 is 15.6 Å². The molecule has 2 radical (unpaired) electrons. The summed E-state index contributed by atoms with van der Waals surface area (Å²) in [6.07, 6.45) is 4.60. The summed E-state index contributed by atoms with van der Waals surface area (Å²) in [5, 5.41) is 3.34. The Morgan fingerprint density at radius 3 is 2.57 bits per heavy atom. The molecule has 0 fully saturated rings. The van der Waals surface area contributed by atoms with Crippen LogP contribution in [0.5, 0.6) is 5.75 Å². The van der Waals surface area contributed by atoms with Gasteiger partial charge in [0.15, 0.2) is 5.82 Å². The first-order valence-electron chi connectivity index (χ1n) is 8.90. The fraction of sp³-hybridized carbons (Fsp3) is 0.200. The molecular weight excluding hydrogens is 399 g/mol. The second-order valence-electron chi connectivity index (χ2n) is 6.27. The maximum absolute atomic E-state index is 12.9. The Kier molecular flexibility index (Phi) is 6.78. The fourth-order valence-corrected chi connectivity index (χ4v) is 3.49. The van der Waals surface area contributed by atoms with Crippen LogP contribution in [0.25, 0.3) is 11.1 Å². The summed E-state index contributed by atoms with van der Waals surface area (Å²) in [6, 6.07) is 3.73. The standard InChI is InChI=1S/C20H19BN6O2S/c1-11-5-13(14-6-12(2)24-8-16(14)29-4)15(7-23-11)19(28)26-10-30-20-18(22-3)25-9-17(21)27-20/h5-9H,3,10H2,1-2,4H3,(H,26,28). The SMILES string of the molecule is [B]c1cnc(N=C)c(SCNC(=O)c2cnc(C)cc2-c2cc(C)ncc2OC)n1. The van der Waals surface area contributed by atoms with Crippen molar-refractivity contribution < 1.29 is 9.53 Å². The topological polar surface area (TPSA) is 102 Å². The third kappa shape index (κ3) is 4.83. The van der Waals surface area contributed by atoms with Crippen LogP contribution >= 0.6 is 11.8 Å². The number of aliphatic imine (C=N–C) groups is 1. The highest BCUT2D eigenvalue weighted by Gasteiger charge is 2.18. The van der Waals surface area contributed by atoms with E-state index in [2.05, 4.69) is 37.0 Å². The first-order valence-corrected chi connectivity index (χ1v) is 9.89. The number of thioether (sulfide) groups is 1. The van der Waals surface area contributed by atoms with Gasteiger partial charge in [-0.3, -0.25) is 19.7 Å². The maximum Gasteiger partial charge on any atom is 0.254 e. The molecule has 0 aliphatic rings. The zero-order chi connectivity index (χ0) is 21.7. The molecule has 0 aliphatic heterocycles. The van der Waals surface area contributed by atoms with Gasteiger partial charge in [-0.05, 0) is 32.7 Å². The van der Waals surface area contributed by atoms with E-state index in [4.69, 9.17) is 12.6 Å². The number of hydrogen-bond acceptors (Lipinski definition) is 8. The second kappa shape index (κ2) is 9.49. The van der Waals surface area contributed by atoms with Crippen LogP contribution in [0, 0.1) is 13.8 Å². The number of aromatic nitrogens is 4. The van der Waals surface area contributed by atoms with Crippen molar-refractivity contribution >= 4 is 43.6 Å². The van der Waals surface area contributed by atoms with E-state index in [0.717, 1.165) is 17.0 Å². The number of pyridine rings is 2. The van der Waals surface area contributed by atoms with E-state index >= 15 is 0 Å². The van der Waals surface area contributed by atoms with E-state index in [0.29, 0.717) is 27.7 Å². The molecule has 1 amide bonds. The van der Waals surface area contributed by atoms with Crippen molar-refractivity contribution in [3.63, 3.8) is 0 Å². The molecule has 10 heteroatoms. The van der Waals surface area contributed by atoms with Crippen LogP contribution in [0.2, 0.25) is 0 Å². The van der Waals surface area contributed by atoms with E-state index in [1.807, 2.05) is 26.0 Å². The van der Waals surface area contributed by atoms with Gasteiger partial charge in [-0.25, -0.2) is 9.98 Å². The van der Waals surface area contributed by atoms with Crippen molar-refractivity contribution in [2.45, 2.75) is 18.9 Å². The molecule has 0 saturated carbocycles. The third-order valence-corrected chi connectivity index (χ3v) is 4.97. The largest absolute Gasteiger partial charge is 0.494 e. The molecular formula is C20H19BN6O2S. The first kappa shape index (κ1) is 21.4. The second-order valence-corrected chi connectivity index (χ2v) is 7.24. The molecule has 150 valence electrons. The summed E-state index contributed by atoms with van der Waals surface area (Å²) in [5.41, 5.74) is 3.76. The van der Waals surface area contributed by atoms with Crippen LogP contribution in [0.15, 0.2) is 40.7 Å². The van der Waals surface area contributed by atoms with E-state index in [1.54, 1.807) is 19.5 Å². The number of aryl methyl sites for hydroxylation is 2. The van der Waals surface area contributed by atoms with Crippen molar-refractivity contribution in [1.29, 1.82) is 0 Å². The lowest BCUT2D eigenvalue weighted by Crippen LogP contribution is -2.24. The maximum atomic E-state index is 12.9. The van der Waals surface area contributed by atoms with Crippen molar-refractivity contribution in [3.05, 3.63) is 47.7 Å². The third-order valence-electron chi connectivity index (χ3n) is 4.13. The number of carbonyl (C=O) groups is 1. The molecule has 0 bridgehead atoms. The van der Waals surface area contributed by atoms with E-state index in [1.165, 1.54) is 18.0 Å². The van der Waals surface area contributed by atoms with Crippen molar-refractivity contribution in [2.24, 2.45) is 4.99 Å². The van der Waals surface area contributed by atoms with Crippen molar-refractivity contribution in [3.8, 4) is 16.9 Å². The predicted molar refractivity (Wildman–Crippen MR) is 118 cm³/mol. The zero-order valence-electron chi connectivity index (χ0n) is 16.8. The Morgan fingerprint density at radius 2 is 1.87 bits per heavy atom. The number of hydrogen-bond donors (Lipinski definition) is 1. The molecule has 3 heterocycles. The molecule has 0 aliphatic carbocycles. The van der Waals surface area contributed by atoms with Crippen molar-refractivity contribution in [2.75, 3.05) is 13.0 Å². The molecule has 1 N–H and O–H groups in total. The predicted octanol–water partition coefficient (Wildman–Crippen LogP) is 2.16. The highest BCUT2D eigenvalue weighted by atomic mass is 32.2. The molecule has 3 aromatic heterocycles. The lowest BCUT2D eigenvalue weighted by atomic mass is 9.99. The summed E-state index contributed by atoms with van der Waals surface area (Å²) < 4.78 is 5.44. The number of nitrogens with zero attached hydrogens (tertiary/aromatic N) is 5. The summed E-state index contributed by atoms with van der Waals surface area (Å²) in [4.78, 5) is 33.5. The Balaban J connectivity index is 1.85. The summed E-state index contributed by atoms with van der Waals surface area (Å²) in [5.74, 6) is 0.884. The normalized spacial score (nSPS) is 10.5. The molecule has 0 aromatic carbocycles. The average Bonchev–Trinajstić information content (AvgIpc) is 2.73. The lowest BCUT2D eigenvalue weighted by Gasteiger charge is -2.14. The zero-order valence-corrected chi connectivity index (χ0v) is 17.7. The van der Waals surface area contributed by atoms with Gasteiger partial charge < -0.3 is 10.1 Å². The van der Waals surface area contributed by atoms with Crippen LogP contribution in [0.3, 0.4) is 0 Å².